The minimum Gasteiger partial charge on any atom is -0.481 e. The maximum atomic E-state index is 11.2. The van der Waals surface area contributed by atoms with Gasteiger partial charge < -0.3 is 5.11 Å². The molecular weight excluding hydrogens is 166 g/mol. The molecule has 0 heterocycles. The first-order valence-electron chi connectivity index (χ1n) is 4.79. The summed E-state index contributed by atoms with van der Waals surface area (Å²) in [6.45, 7) is 0. The number of nitrogens with zero attached hydrogens (tertiary/aromatic N) is 1. The van der Waals surface area contributed by atoms with Crippen molar-refractivity contribution < 1.29 is 9.90 Å². The molecule has 0 saturated heterocycles. The van der Waals surface area contributed by atoms with E-state index in [1.165, 1.54) is 6.42 Å². The highest BCUT2D eigenvalue weighted by atomic mass is 16.4. The summed E-state index contributed by atoms with van der Waals surface area (Å²) in [5.41, 5.74) is -0.683. The van der Waals surface area contributed by atoms with Crippen LogP contribution in [0.5, 0.6) is 0 Å². The summed E-state index contributed by atoms with van der Waals surface area (Å²) in [6.07, 6.45) is 4.15. The van der Waals surface area contributed by atoms with E-state index in [0.717, 1.165) is 19.3 Å². The Labute approximate surface area is 77.4 Å². The van der Waals surface area contributed by atoms with Crippen molar-refractivity contribution in [2.24, 2.45) is 17.3 Å². The third-order valence-electron chi connectivity index (χ3n) is 3.80. The van der Waals surface area contributed by atoms with Crippen LogP contribution in [-0.4, -0.2) is 11.1 Å². The molecule has 13 heavy (non-hydrogen) atoms. The Balaban J connectivity index is 2.26. The molecule has 2 saturated carbocycles. The monoisotopic (exact) mass is 179 g/mol. The van der Waals surface area contributed by atoms with Crippen molar-refractivity contribution in [1.29, 1.82) is 5.26 Å². The molecule has 0 aromatic carbocycles. The molecule has 3 nitrogen and oxygen atoms in total. The van der Waals surface area contributed by atoms with E-state index in [-0.39, 0.29) is 12.3 Å². The normalized spacial score (nSPS) is 41.8. The fraction of sp³-hybridized carbons (Fsp3) is 0.800. The number of aliphatic carboxylic acids is 1. The van der Waals surface area contributed by atoms with Gasteiger partial charge in [0.1, 0.15) is 0 Å². The van der Waals surface area contributed by atoms with Crippen molar-refractivity contribution in [3.8, 4) is 6.07 Å². The minimum atomic E-state index is -0.749. The lowest BCUT2D eigenvalue weighted by Crippen LogP contribution is -2.36. The lowest BCUT2D eigenvalue weighted by Gasteiger charge is -2.31. The number of carboxylic acids is 1. The van der Waals surface area contributed by atoms with E-state index in [1.54, 1.807) is 0 Å². The van der Waals surface area contributed by atoms with Gasteiger partial charge in [0.05, 0.1) is 17.9 Å². The molecule has 2 bridgehead atoms. The number of nitriles is 1. The highest BCUT2D eigenvalue weighted by molar-refractivity contribution is 5.76. The Kier molecular flexibility index (Phi) is 1.80. The average molecular weight is 179 g/mol. The van der Waals surface area contributed by atoms with E-state index in [1.807, 2.05) is 6.07 Å². The molecule has 70 valence electrons. The predicted molar refractivity (Wildman–Crippen MR) is 45.7 cm³/mol. The lowest BCUT2D eigenvalue weighted by atomic mass is 9.71. The number of fused-ring (bicyclic) bond motifs is 2. The van der Waals surface area contributed by atoms with Gasteiger partial charge >= 0.3 is 5.97 Å². The summed E-state index contributed by atoms with van der Waals surface area (Å²) in [4.78, 5) is 11.2. The van der Waals surface area contributed by atoms with Crippen molar-refractivity contribution in [2.45, 2.75) is 32.1 Å². The quantitative estimate of drug-likeness (QED) is 0.703. The van der Waals surface area contributed by atoms with Gasteiger partial charge in [-0.2, -0.15) is 5.26 Å². The van der Waals surface area contributed by atoms with Gasteiger partial charge in [-0.25, -0.2) is 0 Å². The molecule has 2 aliphatic carbocycles. The summed E-state index contributed by atoms with van der Waals surface area (Å²) in [5, 5.41) is 17.8. The van der Waals surface area contributed by atoms with E-state index in [9.17, 15) is 4.79 Å². The third-order valence-corrected chi connectivity index (χ3v) is 3.80. The van der Waals surface area contributed by atoms with Gasteiger partial charge in [0.2, 0.25) is 0 Å². The molecule has 2 aliphatic rings. The van der Waals surface area contributed by atoms with Crippen LogP contribution in [0.3, 0.4) is 0 Å². The predicted octanol–water partition coefficient (Wildman–Crippen LogP) is 1.79. The van der Waals surface area contributed by atoms with Gasteiger partial charge in [0, 0.05) is 0 Å². The molecule has 0 spiro atoms. The molecule has 0 amide bonds. The van der Waals surface area contributed by atoms with Crippen LogP contribution in [-0.2, 0) is 4.79 Å². The van der Waals surface area contributed by atoms with Crippen molar-refractivity contribution in [3.05, 3.63) is 0 Å². The van der Waals surface area contributed by atoms with Gasteiger partial charge in [-0.1, -0.05) is 6.42 Å². The van der Waals surface area contributed by atoms with Crippen LogP contribution in [0.15, 0.2) is 0 Å². The van der Waals surface area contributed by atoms with E-state index in [4.69, 9.17) is 10.4 Å². The summed E-state index contributed by atoms with van der Waals surface area (Å²) < 4.78 is 0. The van der Waals surface area contributed by atoms with Gasteiger partial charge in [0.15, 0.2) is 0 Å². The van der Waals surface area contributed by atoms with Crippen LogP contribution in [0.1, 0.15) is 32.1 Å². The number of carbonyl (C=O) groups is 1. The fourth-order valence-corrected chi connectivity index (χ4v) is 3.14. The summed E-state index contributed by atoms with van der Waals surface area (Å²) in [6, 6.07) is 2.04. The fourth-order valence-electron chi connectivity index (χ4n) is 3.14. The molecule has 0 radical (unpaired) electrons. The number of hydrogen-bond donors (Lipinski definition) is 1. The number of rotatable bonds is 2. The van der Waals surface area contributed by atoms with Crippen LogP contribution in [0.2, 0.25) is 0 Å². The Morgan fingerprint density at radius 1 is 1.62 bits per heavy atom. The minimum absolute atomic E-state index is 0.198. The van der Waals surface area contributed by atoms with E-state index < -0.39 is 11.4 Å². The Morgan fingerprint density at radius 3 is 2.77 bits per heavy atom. The highest BCUT2D eigenvalue weighted by Crippen LogP contribution is 2.57. The lowest BCUT2D eigenvalue weighted by molar-refractivity contribution is -0.152. The van der Waals surface area contributed by atoms with Crippen LogP contribution in [0.25, 0.3) is 0 Å². The second-order valence-electron chi connectivity index (χ2n) is 4.38. The summed E-state index contributed by atoms with van der Waals surface area (Å²) in [5.74, 6) is 0.102. The zero-order chi connectivity index (χ0) is 9.47. The van der Waals surface area contributed by atoms with Crippen LogP contribution in [0.4, 0.5) is 0 Å². The molecule has 0 aromatic rings. The SMILES string of the molecule is N#CCC1(C(=O)O)CC2CCC1C2. The van der Waals surface area contributed by atoms with E-state index in [0.29, 0.717) is 5.92 Å². The molecule has 3 heteroatoms. The highest BCUT2D eigenvalue weighted by Gasteiger charge is 2.55. The molecule has 3 atom stereocenters. The third kappa shape index (κ3) is 1.05. The first kappa shape index (κ1) is 8.55. The first-order chi connectivity index (χ1) is 6.19. The van der Waals surface area contributed by atoms with Crippen molar-refractivity contribution >= 4 is 5.97 Å². The second-order valence-corrected chi connectivity index (χ2v) is 4.38. The number of hydrogen-bond acceptors (Lipinski definition) is 2. The standard InChI is InChI=1S/C10H13NO2/c11-4-3-10(9(12)13)6-7-1-2-8(10)5-7/h7-8H,1-3,5-6H2,(H,12,13). The molecule has 0 aliphatic heterocycles. The Bertz CT molecular complexity index is 281. The molecule has 1 N–H and O–H groups in total. The maximum Gasteiger partial charge on any atom is 0.310 e. The molecule has 2 rings (SSSR count). The number of carboxylic acid groups (broad SMARTS) is 1. The van der Waals surface area contributed by atoms with Crippen LogP contribution >= 0.6 is 0 Å². The second kappa shape index (κ2) is 2.73. The maximum absolute atomic E-state index is 11.2. The van der Waals surface area contributed by atoms with Crippen molar-refractivity contribution in [2.75, 3.05) is 0 Å². The first-order valence-corrected chi connectivity index (χ1v) is 4.79. The van der Waals surface area contributed by atoms with Crippen LogP contribution < -0.4 is 0 Å². The van der Waals surface area contributed by atoms with E-state index >= 15 is 0 Å². The van der Waals surface area contributed by atoms with Crippen LogP contribution in [0, 0.1) is 28.6 Å². The van der Waals surface area contributed by atoms with Gasteiger partial charge in [-0.05, 0) is 31.1 Å². The van der Waals surface area contributed by atoms with Gasteiger partial charge in [0.25, 0.3) is 0 Å². The van der Waals surface area contributed by atoms with Crippen molar-refractivity contribution in [3.63, 3.8) is 0 Å². The Morgan fingerprint density at radius 2 is 2.38 bits per heavy atom. The smallest absolute Gasteiger partial charge is 0.310 e. The summed E-state index contributed by atoms with van der Waals surface area (Å²) >= 11 is 0. The van der Waals surface area contributed by atoms with Gasteiger partial charge in [-0.3, -0.25) is 4.79 Å². The summed E-state index contributed by atoms with van der Waals surface area (Å²) in [7, 11) is 0. The molecule has 3 unspecified atom stereocenters. The molecular formula is C10H13NO2. The zero-order valence-electron chi connectivity index (χ0n) is 7.49. The van der Waals surface area contributed by atoms with Gasteiger partial charge in [-0.15, -0.1) is 0 Å². The average Bonchev–Trinajstić information content (AvgIpc) is 2.64. The molecule has 2 fully saturated rings. The molecule has 0 aromatic heterocycles. The Hall–Kier alpha value is -1.04. The van der Waals surface area contributed by atoms with Crippen molar-refractivity contribution in [1.82, 2.24) is 0 Å². The van der Waals surface area contributed by atoms with E-state index in [2.05, 4.69) is 0 Å². The largest absolute Gasteiger partial charge is 0.481 e. The zero-order valence-corrected chi connectivity index (χ0v) is 7.49. The topological polar surface area (TPSA) is 61.1 Å².